The van der Waals surface area contributed by atoms with E-state index in [1.165, 1.54) is 19.6 Å². The molecule has 10 heavy (non-hydrogen) atoms. The van der Waals surface area contributed by atoms with Crippen LogP contribution in [0.2, 0.25) is 0 Å². The van der Waals surface area contributed by atoms with Crippen molar-refractivity contribution in [2.75, 3.05) is 27.4 Å². The second-order valence-corrected chi connectivity index (χ2v) is 1.42. The first-order chi connectivity index (χ1) is 4.91. The summed E-state index contributed by atoms with van der Waals surface area (Å²) in [5.74, 6) is 0. The smallest absolute Gasteiger partial charge is 0.163 e. The summed E-state index contributed by atoms with van der Waals surface area (Å²) in [5.41, 5.74) is 0. The molecule has 0 amide bonds. The van der Waals surface area contributed by atoms with Crippen LogP contribution in [0.5, 0.6) is 0 Å². The minimum absolute atomic E-state index is 0.407. The van der Waals surface area contributed by atoms with Gasteiger partial charge in [-0.1, -0.05) is 0 Å². The van der Waals surface area contributed by atoms with E-state index in [4.69, 9.17) is 0 Å². The van der Waals surface area contributed by atoms with Crippen molar-refractivity contribution in [2.24, 2.45) is 0 Å². The molecule has 0 aromatic carbocycles. The van der Waals surface area contributed by atoms with Crippen molar-refractivity contribution in [2.45, 2.75) is 0 Å². The minimum Gasteiger partial charge on any atom is -0.501 e. The largest absolute Gasteiger partial charge is 0.501 e. The Bertz CT molecular complexity index is 81.8. The second-order valence-electron chi connectivity index (χ2n) is 1.42. The number of hydrogen-bond acceptors (Lipinski definition) is 4. The molecule has 0 aliphatic carbocycles. The van der Waals surface area contributed by atoms with Gasteiger partial charge in [0.05, 0.1) is 13.7 Å². The molecule has 0 saturated heterocycles. The molecule has 0 fully saturated rings. The van der Waals surface area contributed by atoms with Crippen molar-refractivity contribution in [1.82, 2.24) is 0 Å². The predicted octanol–water partition coefficient (Wildman–Crippen LogP) is 0.699. The summed E-state index contributed by atoms with van der Waals surface area (Å²) >= 11 is 0. The molecule has 0 aliphatic heterocycles. The number of hydrogen-bond donors (Lipinski definition) is 0. The average molecular weight is 148 g/mol. The van der Waals surface area contributed by atoms with Crippen LogP contribution in [0.1, 0.15) is 0 Å². The molecule has 60 valence electrons. The summed E-state index contributed by atoms with van der Waals surface area (Å²) in [6.45, 7) is 0.922. The minimum atomic E-state index is 0.407. The van der Waals surface area contributed by atoms with Crippen molar-refractivity contribution in [3.63, 3.8) is 0 Å². The number of ether oxygens (including phenoxy) is 2. The van der Waals surface area contributed by atoms with Gasteiger partial charge in [-0.25, -0.2) is 0 Å². The van der Waals surface area contributed by atoms with Crippen molar-refractivity contribution >= 4 is 0 Å². The molecule has 0 unspecified atom stereocenters. The van der Waals surface area contributed by atoms with Gasteiger partial charge in [0.25, 0.3) is 0 Å². The van der Waals surface area contributed by atoms with Crippen molar-refractivity contribution < 1.29 is 19.2 Å². The Labute approximate surface area is 60.3 Å². The normalized spacial score (nSPS) is 10.2. The predicted molar refractivity (Wildman–Crippen MR) is 35.1 cm³/mol. The Morgan fingerprint density at radius 3 is 2.50 bits per heavy atom. The SMILES string of the molecule is CO/C=C/OOCCOC. The fourth-order valence-electron chi connectivity index (χ4n) is 0.283. The molecular weight excluding hydrogens is 136 g/mol. The third-order valence-electron chi connectivity index (χ3n) is 0.686. The summed E-state index contributed by atoms with van der Waals surface area (Å²) in [4.78, 5) is 9.07. The van der Waals surface area contributed by atoms with E-state index in [9.17, 15) is 0 Å². The van der Waals surface area contributed by atoms with Gasteiger partial charge < -0.3 is 14.4 Å². The lowest BCUT2D eigenvalue weighted by atomic mass is 10.8. The van der Waals surface area contributed by atoms with Crippen LogP contribution in [0, 0.1) is 0 Å². The summed E-state index contributed by atoms with van der Waals surface area (Å²) in [6, 6.07) is 0. The standard InChI is InChI=1S/C6H12O4/c1-7-3-5-9-10-6-4-8-2/h3,5H,4,6H2,1-2H3/b5-3+. The van der Waals surface area contributed by atoms with Crippen LogP contribution in [0.25, 0.3) is 0 Å². The highest BCUT2D eigenvalue weighted by Crippen LogP contribution is 1.81. The molecule has 0 aromatic rings. The van der Waals surface area contributed by atoms with Crippen molar-refractivity contribution in [3.05, 3.63) is 12.5 Å². The lowest BCUT2D eigenvalue weighted by Gasteiger charge is -1.97. The Kier molecular flexibility index (Phi) is 7.65. The zero-order chi connectivity index (χ0) is 7.66. The van der Waals surface area contributed by atoms with E-state index in [2.05, 4.69) is 19.2 Å². The lowest BCUT2D eigenvalue weighted by Crippen LogP contribution is -1.99. The Balaban J connectivity index is 2.83. The van der Waals surface area contributed by atoms with E-state index < -0.39 is 0 Å². The molecule has 0 spiro atoms. The molecule has 0 aromatic heterocycles. The van der Waals surface area contributed by atoms with E-state index in [1.54, 1.807) is 7.11 Å². The molecule has 0 atom stereocenters. The topological polar surface area (TPSA) is 36.9 Å². The highest BCUT2D eigenvalue weighted by molar-refractivity contribution is 4.56. The molecule has 0 radical (unpaired) electrons. The van der Waals surface area contributed by atoms with Crippen LogP contribution in [-0.2, 0) is 19.2 Å². The molecule has 0 saturated carbocycles. The van der Waals surface area contributed by atoms with Gasteiger partial charge in [0.15, 0.2) is 6.26 Å². The van der Waals surface area contributed by atoms with Crippen molar-refractivity contribution in [1.29, 1.82) is 0 Å². The van der Waals surface area contributed by atoms with Gasteiger partial charge in [-0.05, 0) is 0 Å². The molecule has 4 nitrogen and oxygen atoms in total. The molecule has 0 rings (SSSR count). The average Bonchev–Trinajstić information content (AvgIpc) is 1.97. The Hall–Kier alpha value is -0.740. The second kappa shape index (κ2) is 8.26. The lowest BCUT2D eigenvalue weighted by molar-refractivity contribution is -0.255. The molecular formula is C6H12O4. The first-order valence-corrected chi connectivity index (χ1v) is 2.87. The van der Waals surface area contributed by atoms with E-state index in [-0.39, 0.29) is 0 Å². The van der Waals surface area contributed by atoms with Crippen LogP contribution in [0.15, 0.2) is 12.5 Å². The zero-order valence-corrected chi connectivity index (χ0v) is 6.20. The molecule has 0 heterocycles. The van der Waals surface area contributed by atoms with Gasteiger partial charge in [0, 0.05) is 7.11 Å². The monoisotopic (exact) mass is 148 g/mol. The van der Waals surface area contributed by atoms with Gasteiger partial charge in [-0.2, -0.15) is 4.89 Å². The first kappa shape index (κ1) is 9.26. The number of rotatable bonds is 6. The molecule has 0 N–H and O–H groups in total. The Morgan fingerprint density at radius 2 is 1.90 bits per heavy atom. The van der Waals surface area contributed by atoms with Gasteiger partial charge in [0.2, 0.25) is 0 Å². The fourth-order valence-corrected chi connectivity index (χ4v) is 0.283. The van der Waals surface area contributed by atoms with E-state index in [0.717, 1.165) is 0 Å². The number of methoxy groups -OCH3 is 2. The van der Waals surface area contributed by atoms with Gasteiger partial charge in [0.1, 0.15) is 12.9 Å². The highest BCUT2D eigenvalue weighted by atomic mass is 17.2. The summed E-state index contributed by atoms with van der Waals surface area (Å²) in [6.07, 6.45) is 2.67. The van der Waals surface area contributed by atoms with Crippen LogP contribution in [0.4, 0.5) is 0 Å². The van der Waals surface area contributed by atoms with E-state index >= 15 is 0 Å². The maximum atomic E-state index is 4.69. The first-order valence-electron chi connectivity index (χ1n) is 2.87. The zero-order valence-electron chi connectivity index (χ0n) is 6.20. The van der Waals surface area contributed by atoms with Crippen LogP contribution in [-0.4, -0.2) is 27.4 Å². The highest BCUT2D eigenvalue weighted by Gasteiger charge is 1.82. The third kappa shape index (κ3) is 7.26. The van der Waals surface area contributed by atoms with E-state index in [1.807, 2.05) is 0 Å². The Morgan fingerprint density at radius 1 is 1.10 bits per heavy atom. The van der Waals surface area contributed by atoms with Gasteiger partial charge in [-0.15, -0.1) is 0 Å². The van der Waals surface area contributed by atoms with Gasteiger partial charge >= 0.3 is 0 Å². The molecule has 0 bridgehead atoms. The van der Waals surface area contributed by atoms with Crippen molar-refractivity contribution in [3.8, 4) is 0 Å². The maximum Gasteiger partial charge on any atom is 0.163 e. The molecule has 4 heteroatoms. The fraction of sp³-hybridized carbons (Fsp3) is 0.667. The van der Waals surface area contributed by atoms with Gasteiger partial charge in [-0.3, -0.25) is 0 Å². The van der Waals surface area contributed by atoms with Crippen LogP contribution in [0.3, 0.4) is 0 Å². The summed E-state index contributed by atoms with van der Waals surface area (Å²) < 4.78 is 9.22. The maximum absolute atomic E-state index is 4.69. The third-order valence-corrected chi connectivity index (χ3v) is 0.686. The summed E-state index contributed by atoms with van der Waals surface area (Å²) in [7, 11) is 3.11. The van der Waals surface area contributed by atoms with Crippen LogP contribution >= 0.6 is 0 Å². The summed E-state index contributed by atoms with van der Waals surface area (Å²) in [5, 5.41) is 0. The molecule has 0 aliphatic rings. The quantitative estimate of drug-likeness (QED) is 0.240. The van der Waals surface area contributed by atoms with E-state index in [0.29, 0.717) is 13.2 Å². The van der Waals surface area contributed by atoms with Crippen LogP contribution < -0.4 is 0 Å².